The van der Waals surface area contributed by atoms with E-state index in [2.05, 4.69) is 0 Å². The third-order valence-electron chi connectivity index (χ3n) is 5.95. The second-order valence-corrected chi connectivity index (χ2v) is 7.31. The Morgan fingerprint density at radius 1 is 1.27 bits per heavy atom. The van der Waals surface area contributed by atoms with Crippen molar-refractivity contribution in [2.75, 3.05) is 13.2 Å². The van der Waals surface area contributed by atoms with Crippen molar-refractivity contribution in [2.45, 2.75) is 55.4 Å². The average Bonchev–Trinajstić information content (AvgIpc) is 3.06. The first-order valence-corrected chi connectivity index (χ1v) is 8.50. The summed E-state index contributed by atoms with van der Waals surface area (Å²) in [4.78, 5) is 12.0. The number of carbonyl (C=O) groups excluding carboxylic acids is 1. The molecule has 10 nitrogen and oxygen atoms in total. The first-order valence-electron chi connectivity index (χ1n) is 8.50. The molecule has 5 N–H and O–H groups in total. The number of rotatable bonds is 3. The van der Waals surface area contributed by atoms with Gasteiger partial charge < -0.3 is 44.5 Å². The molecule has 3 aliphatic heterocycles. The van der Waals surface area contributed by atoms with Crippen LogP contribution < -0.4 is 0 Å². The van der Waals surface area contributed by atoms with Crippen LogP contribution in [0.15, 0.2) is 11.8 Å². The van der Waals surface area contributed by atoms with Gasteiger partial charge in [0.2, 0.25) is 0 Å². The minimum absolute atomic E-state index is 0.0377. The Morgan fingerprint density at radius 2 is 2.00 bits per heavy atom. The number of carbonyl (C=O) groups is 1. The molecule has 0 bridgehead atoms. The van der Waals surface area contributed by atoms with Gasteiger partial charge in [-0.25, -0.2) is 4.79 Å². The summed E-state index contributed by atoms with van der Waals surface area (Å²) in [6, 6.07) is 0. The van der Waals surface area contributed by atoms with Crippen LogP contribution in [0.1, 0.15) is 6.92 Å². The predicted molar refractivity (Wildman–Crippen MR) is 80.2 cm³/mol. The maximum absolute atomic E-state index is 12.0. The van der Waals surface area contributed by atoms with E-state index in [9.17, 15) is 30.3 Å². The Hall–Kier alpha value is -1.27. The van der Waals surface area contributed by atoms with Gasteiger partial charge in [-0.05, 0) is 0 Å². The van der Waals surface area contributed by atoms with Crippen molar-refractivity contribution < 1.29 is 49.3 Å². The van der Waals surface area contributed by atoms with Crippen LogP contribution in [0.25, 0.3) is 0 Å². The van der Waals surface area contributed by atoms with Gasteiger partial charge in [-0.1, -0.05) is 6.92 Å². The number of esters is 1. The first kappa shape index (κ1) is 18.1. The lowest BCUT2D eigenvalue weighted by Gasteiger charge is -2.41. The fourth-order valence-corrected chi connectivity index (χ4v) is 4.36. The SMILES string of the molecule is CC1C(OC2OC(CO)C(O)C(O)C2O)C2OC(=O)C3=COCC1(O)C32. The first-order chi connectivity index (χ1) is 12.3. The molecule has 1 saturated carbocycles. The van der Waals surface area contributed by atoms with E-state index in [4.69, 9.17) is 18.9 Å². The Labute approximate surface area is 148 Å². The molecule has 4 aliphatic rings. The van der Waals surface area contributed by atoms with Gasteiger partial charge in [0, 0.05) is 5.92 Å². The van der Waals surface area contributed by atoms with Crippen molar-refractivity contribution in [3.63, 3.8) is 0 Å². The fraction of sp³-hybridized carbons (Fsp3) is 0.812. The van der Waals surface area contributed by atoms with Crippen molar-refractivity contribution >= 4 is 5.97 Å². The molecular formula is C16H22O10. The van der Waals surface area contributed by atoms with Crippen molar-refractivity contribution in [1.82, 2.24) is 0 Å². The van der Waals surface area contributed by atoms with Crippen LogP contribution in [0.3, 0.4) is 0 Å². The molecule has 0 radical (unpaired) electrons. The summed E-state index contributed by atoms with van der Waals surface area (Å²) in [5.74, 6) is -1.78. The van der Waals surface area contributed by atoms with E-state index < -0.39 is 72.9 Å². The standard InChI is InChI=1S/C16H22O10/c1-5-12(26-15-11(20)10(19)9(18)7(2-17)24-15)13-8-6(14(21)25-13)3-23-4-16(5,8)22/h3,5,7-13,15,17-20,22H,2,4H2,1H3. The van der Waals surface area contributed by atoms with Gasteiger partial charge in [-0.15, -0.1) is 0 Å². The van der Waals surface area contributed by atoms with Crippen molar-refractivity contribution in [2.24, 2.45) is 11.8 Å². The molecule has 0 aromatic heterocycles. The van der Waals surface area contributed by atoms with Gasteiger partial charge in [-0.2, -0.15) is 0 Å². The van der Waals surface area contributed by atoms with Crippen molar-refractivity contribution in [3.8, 4) is 0 Å². The number of aliphatic hydroxyl groups excluding tert-OH is 4. The van der Waals surface area contributed by atoms with Gasteiger partial charge in [-0.3, -0.25) is 0 Å². The quantitative estimate of drug-likeness (QED) is 0.323. The zero-order chi connectivity index (χ0) is 18.8. The largest absolute Gasteiger partial charge is 0.498 e. The van der Waals surface area contributed by atoms with E-state index in [0.29, 0.717) is 0 Å². The predicted octanol–water partition coefficient (Wildman–Crippen LogP) is -2.99. The molecule has 0 aromatic rings. The summed E-state index contributed by atoms with van der Waals surface area (Å²) < 4.78 is 21.7. The van der Waals surface area contributed by atoms with Crippen LogP contribution >= 0.6 is 0 Å². The molecule has 26 heavy (non-hydrogen) atoms. The average molecular weight is 374 g/mol. The van der Waals surface area contributed by atoms with Crippen molar-refractivity contribution in [3.05, 3.63) is 11.8 Å². The highest BCUT2D eigenvalue weighted by Crippen LogP contribution is 2.53. The third kappa shape index (κ3) is 2.34. The van der Waals surface area contributed by atoms with E-state index in [1.54, 1.807) is 6.92 Å². The fourth-order valence-electron chi connectivity index (χ4n) is 4.36. The van der Waals surface area contributed by atoms with E-state index >= 15 is 0 Å². The normalized spacial score (nSPS) is 52.9. The Kier molecular flexibility index (Phi) is 4.27. The smallest absolute Gasteiger partial charge is 0.338 e. The van der Waals surface area contributed by atoms with Crippen LogP contribution in [-0.2, 0) is 23.7 Å². The highest BCUT2D eigenvalue weighted by molar-refractivity contribution is 5.92. The molecular weight excluding hydrogens is 352 g/mol. The lowest BCUT2D eigenvalue weighted by atomic mass is 9.81. The zero-order valence-corrected chi connectivity index (χ0v) is 14.0. The summed E-state index contributed by atoms with van der Waals surface area (Å²) >= 11 is 0. The molecule has 10 unspecified atom stereocenters. The lowest BCUT2D eigenvalue weighted by Crippen LogP contribution is -2.60. The van der Waals surface area contributed by atoms with E-state index in [0.717, 1.165) is 0 Å². The highest BCUT2D eigenvalue weighted by atomic mass is 16.7. The summed E-state index contributed by atoms with van der Waals surface area (Å²) in [5, 5.41) is 50.2. The van der Waals surface area contributed by atoms with E-state index in [1.165, 1.54) is 6.26 Å². The molecule has 1 aliphatic carbocycles. The molecule has 10 atom stereocenters. The van der Waals surface area contributed by atoms with Crippen LogP contribution in [0, 0.1) is 11.8 Å². The lowest BCUT2D eigenvalue weighted by molar-refractivity contribution is -0.319. The molecule has 146 valence electrons. The van der Waals surface area contributed by atoms with Gasteiger partial charge in [0.1, 0.15) is 48.8 Å². The van der Waals surface area contributed by atoms with Crippen LogP contribution in [0.2, 0.25) is 0 Å². The summed E-state index contributed by atoms with van der Waals surface area (Å²) in [7, 11) is 0. The number of ether oxygens (including phenoxy) is 4. The van der Waals surface area contributed by atoms with E-state index in [1.807, 2.05) is 0 Å². The van der Waals surface area contributed by atoms with Gasteiger partial charge in [0.15, 0.2) is 6.29 Å². The van der Waals surface area contributed by atoms with Crippen LogP contribution in [-0.4, -0.2) is 93.2 Å². The van der Waals surface area contributed by atoms with Gasteiger partial charge in [0.25, 0.3) is 0 Å². The highest BCUT2D eigenvalue weighted by Gasteiger charge is 2.68. The number of hydrogen-bond donors (Lipinski definition) is 5. The summed E-state index contributed by atoms with van der Waals surface area (Å²) in [6.07, 6.45) is -7.54. The molecule has 0 amide bonds. The molecule has 0 aromatic carbocycles. The second-order valence-electron chi connectivity index (χ2n) is 7.31. The molecule has 10 heteroatoms. The maximum Gasteiger partial charge on any atom is 0.338 e. The summed E-state index contributed by atoms with van der Waals surface area (Å²) in [5.41, 5.74) is -1.16. The Bertz CT molecular complexity index is 620. The Balaban J connectivity index is 1.59. The third-order valence-corrected chi connectivity index (χ3v) is 5.95. The van der Waals surface area contributed by atoms with Crippen molar-refractivity contribution in [1.29, 1.82) is 0 Å². The zero-order valence-electron chi connectivity index (χ0n) is 14.0. The molecule has 3 fully saturated rings. The number of hydrogen-bond acceptors (Lipinski definition) is 10. The molecule has 4 rings (SSSR count). The summed E-state index contributed by atoms with van der Waals surface area (Å²) in [6.45, 7) is 1.08. The van der Waals surface area contributed by atoms with Crippen LogP contribution in [0.4, 0.5) is 0 Å². The minimum atomic E-state index is -1.59. The maximum atomic E-state index is 12.0. The van der Waals surface area contributed by atoms with E-state index in [-0.39, 0.29) is 12.2 Å². The minimum Gasteiger partial charge on any atom is -0.498 e. The van der Waals surface area contributed by atoms with Gasteiger partial charge >= 0.3 is 5.97 Å². The second kappa shape index (κ2) is 6.13. The molecule has 3 heterocycles. The topological polar surface area (TPSA) is 155 Å². The number of aliphatic hydroxyl groups is 5. The van der Waals surface area contributed by atoms with Gasteiger partial charge in [0.05, 0.1) is 24.4 Å². The Morgan fingerprint density at radius 3 is 2.69 bits per heavy atom. The molecule has 2 saturated heterocycles. The molecule has 0 spiro atoms. The van der Waals surface area contributed by atoms with Crippen LogP contribution in [0.5, 0.6) is 0 Å². The monoisotopic (exact) mass is 374 g/mol.